The highest BCUT2D eigenvalue weighted by molar-refractivity contribution is 7.13. The van der Waals surface area contributed by atoms with Gasteiger partial charge in [0, 0.05) is 48.9 Å². The van der Waals surface area contributed by atoms with E-state index in [-0.39, 0.29) is 51.1 Å². The lowest BCUT2D eigenvalue weighted by Crippen LogP contribution is -2.58. The van der Waals surface area contributed by atoms with Crippen LogP contribution in [-0.2, 0) is 25.7 Å². The van der Waals surface area contributed by atoms with Crippen molar-refractivity contribution in [1.82, 2.24) is 35.8 Å². The van der Waals surface area contributed by atoms with E-state index in [9.17, 15) is 24.3 Å². The lowest BCUT2D eigenvalue weighted by atomic mass is 9.85. The van der Waals surface area contributed by atoms with E-state index in [0.717, 1.165) is 32.9 Å². The quantitative estimate of drug-likeness (QED) is 0.0914. The largest absolute Gasteiger partial charge is 0.391 e. The number of likely N-dealkylation sites (tertiary alicyclic amines) is 1. The molecule has 1 aliphatic rings. The molecule has 5 aromatic rings. The zero-order chi connectivity index (χ0) is 41.2. The van der Waals surface area contributed by atoms with Crippen molar-refractivity contribution in [1.29, 1.82) is 0 Å². The number of anilines is 2. The molecular weight excluding hydrogens is 757 g/mol. The maximum Gasteiger partial charge on any atom is 0.251 e. The number of hydrogen-bond donors (Lipinski definition) is 5. The van der Waals surface area contributed by atoms with E-state index >= 15 is 0 Å². The molecule has 1 saturated heterocycles. The summed E-state index contributed by atoms with van der Waals surface area (Å²) in [7, 11) is 0. The second-order valence-electron chi connectivity index (χ2n) is 15.1. The maximum absolute atomic E-state index is 13.9. The summed E-state index contributed by atoms with van der Waals surface area (Å²) in [6.07, 6.45) is 0.654. The van der Waals surface area contributed by atoms with Crippen LogP contribution in [0.3, 0.4) is 0 Å². The van der Waals surface area contributed by atoms with Gasteiger partial charge in [-0.05, 0) is 47.7 Å². The molecule has 58 heavy (non-hydrogen) atoms. The second kappa shape index (κ2) is 18.9. The van der Waals surface area contributed by atoms with Crippen molar-refractivity contribution < 1.29 is 29.0 Å². The third kappa shape index (κ3) is 10.9. The van der Waals surface area contributed by atoms with E-state index in [1.807, 2.05) is 88.4 Å². The Hall–Kier alpha value is -6.03. The fraction of sp³-hybridized carbons (Fsp3) is 0.326. The molecule has 2 aromatic heterocycles. The van der Waals surface area contributed by atoms with Gasteiger partial charge in [-0.25, -0.2) is 15.0 Å². The molecule has 5 N–H and O–H groups in total. The van der Waals surface area contributed by atoms with E-state index in [1.54, 1.807) is 41.1 Å². The number of amides is 4. The molecule has 1 unspecified atom stereocenters. The number of hydrogen-bond acceptors (Lipinski definition) is 11. The van der Waals surface area contributed by atoms with E-state index in [4.69, 9.17) is 4.74 Å². The summed E-state index contributed by atoms with van der Waals surface area (Å²) in [6.45, 7) is 7.43. The molecule has 0 bridgehead atoms. The summed E-state index contributed by atoms with van der Waals surface area (Å²) < 4.78 is 5.56. The van der Waals surface area contributed by atoms with Gasteiger partial charge in [-0.15, -0.1) is 11.3 Å². The third-order valence-corrected chi connectivity index (χ3v) is 10.6. The lowest BCUT2D eigenvalue weighted by Gasteiger charge is -2.35. The molecule has 0 saturated carbocycles. The molecule has 0 aliphatic carbocycles. The average molecular weight is 805 g/mol. The highest BCUT2D eigenvalue weighted by Gasteiger charge is 2.44. The number of aromatic nitrogens is 3. The van der Waals surface area contributed by atoms with Gasteiger partial charge in [-0.3, -0.25) is 19.2 Å². The third-order valence-electron chi connectivity index (χ3n) is 9.61. The molecule has 1 fully saturated rings. The van der Waals surface area contributed by atoms with Gasteiger partial charge in [0.1, 0.15) is 30.8 Å². The number of carbonyl (C=O) groups excluding carboxylic acids is 4. The number of aliphatic hydroxyl groups excluding tert-OH is 1. The number of para-hydroxylation sites is 1. The Balaban J connectivity index is 0.965. The van der Waals surface area contributed by atoms with Crippen molar-refractivity contribution in [3.63, 3.8) is 0 Å². The first kappa shape index (κ1) is 41.6. The Morgan fingerprint density at radius 1 is 0.931 bits per heavy atom. The predicted molar refractivity (Wildman–Crippen MR) is 222 cm³/mol. The molecular formula is C43H48N8O6S. The summed E-state index contributed by atoms with van der Waals surface area (Å²) >= 11 is 1.57. The fourth-order valence-electron chi connectivity index (χ4n) is 6.56. The number of nitrogens with zero attached hydrogens (tertiary/aromatic N) is 4. The molecule has 0 spiro atoms. The number of ether oxygens (including phenoxy) is 1. The normalized spacial score (nSPS) is 15.7. The van der Waals surface area contributed by atoms with Crippen LogP contribution in [0.5, 0.6) is 0 Å². The van der Waals surface area contributed by atoms with Gasteiger partial charge in [-0.1, -0.05) is 75.4 Å². The number of aliphatic hydroxyl groups is 1. The first-order valence-electron chi connectivity index (χ1n) is 19.0. The van der Waals surface area contributed by atoms with Crippen LogP contribution >= 0.6 is 11.3 Å². The van der Waals surface area contributed by atoms with Gasteiger partial charge in [0.15, 0.2) is 0 Å². The molecule has 302 valence electrons. The molecule has 3 aromatic carbocycles. The minimum absolute atomic E-state index is 0.0348. The molecule has 3 atom stereocenters. The summed E-state index contributed by atoms with van der Waals surface area (Å²) in [5, 5.41) is 22.3. The topological polar surface area (TPSA) is 188 Å². The first-order valence-corrected chi connectivity index (χ1v) is 19.9. The van der Waals surface area contributed by atoms with E-state index in [1.165, 1.54) is 11.2 Å². The highest BCUT2D eigenvalue weighted by Crippen LogP contribution is 2.29. The monoisotopic (exact) mass is 804 g/mol. The Morgan fingerprint density at radius 2 is 1.71 bits per heavy atom. The van der Waals surface area contributed by atoms with Gasteiger partial charge in [-0.2, -0.15) is 0 Å². The minimum atomic E-state index is -1.00. The second-order valence-corrected chi connectivity index (χ2v) is 16.0. The van der Waals surface area contributed by atoms with Crippen molar-refractivity contribution in [2.45, 2.75) is 58.8 Å². The van der Waals surface area contributed by atoms with E-state index in [0.29, 0.717) is 17.1 Å². The van der Waals surface area contributed by atoms with Crippen molar-refractivity contribution in [3.05, 3.63) is 114 Å². The van der Waals surface area contributed by atoms with Crippen molar-refractivity contribution >= 4 is 46.5 Å². The molecule has 4 amide bonds. The summed E-state index contributed by atoms with van der Waals surface area (Å²) in [5.41, 5.74) is 6.66. The van der Waals surface area contributed by atoms with Crippen LogP contribution in [0, 0.1) is 12.3 Å². The standard InChI is InChI=1S/C43H48N8O6S/c1-27-38(58-26-48-27)29-15-13-28(14-16-29)22-45-41(55)35-20-33(52)23-51(35)42(56)39(43(2,3)4)50-37(53)24-57-18-17-44-40(54)31-10-8-9-30(19-31)34-21-36(47-25-46-34)49-32-11-6-5-7-12-32/h5-16,19,21,25-26,33,35,39,52H,17-18,20,22-24H2,1-4H3,(H,44,54)(H,45,55)(H,50,53)(H,46,47,49)/t33-,35+,39?/m1/s1. The van der Waals surface area contributed by atoms with E-state index < -0.39 is 35.4 Å². The number of carbonyl (C=O) groups is 4. The van der Waals surface area contributed by atoms with Crippen molar-refractivity contribution in [3.8, 4) is 21.7 Å². The Labute approximate surface area is 341 Å². The van der Waals surface area contributed by atoms with Crippen LogP contribution in [-0.4, -0.2) is 93.1 Å². The van der Waals surface area contributed by atoms with Crippen LogP contribution in [0.15, 0.2) is 96.8 Å². The molecule has 14 nitrogen and oxygen atoms in total. The van der Waals surface area contributed by atoms with Gasteiger partial charge in [0.05, 0.1) is 34.5 Å². The van der Waals surface area contributed by atoms with Gasteiger partial charge in [0.25, 0.3) is 5.91 Å². The number of benzene rings is 3. The van der Waals surface area contributed by atoms with E-state index in [2.05, 4.69) is 36.2 Å². The zero-order valence-electron chi connectivity index (χ0n) is 32.9. The minimum Gasteiger partial charge on any atom is -0.391 e. The Bertz CT molecular complexity index is 2210. The number of nitrogens with one attached hydrogen (secondary N) is 4. The number of thiazole rings is 1. The van der Waals surface area contributed by atoms with Gasteiger partial charge >= 0.3 is 0 Å². The number of aryl methyl sites for hydroxylation is 1. The number of β-amino-alcohol motifs (C(OH)–C–C–N with tert-alkyl or cyclic N) is 1. The molecule has 3 heterocycles. The SMILES string of the molecule is Cc1ncsc1-c1ccc(CNC(=O)[C@@H]2C[C@@H](O)CN2C(=O)C(NC(=O)COCCNC(=O)c2cccc(-c3cc(Nc4ccccc4)ncn3)c2)C(C)(C)C)cc1. The highest BCUT2D eigenvalue weighted by atomic mass is 32.1. The van der Waals surface area contributed by atoms with Crippen LogP contribution < -0.4 is 21.3 Å². The van der Waals surface area contributed by atoms with Crippen molar-refractivity contribution in [2.24, 2.45) is 5.41 Å². The molecule has 15 heteroatoms. The number of rotatable bonds is 15. The smallest absolute Gasteiger partial charge is 0.251 e. The fourth-order valence-corrected chi connectivity index (χ4v) is 7.37. The molecule has 0 radical (unpaired) electrons. The Kier molecular flexibility index (Phi) is 13.6. The maximum atomic E-state index is 13.9. The van der Waals surface area contributed by atoms with Crippen molar-refractivity contribution in [2.75, 3.05) is 31.6 Å². The van der Waals surface area contributed by atoms with Crippen LogP contribution in [0.25, 0.3) is 21.7 Å². The molecule has 6 rings (SSSR count). The summed E-state index contributed by atoms with van der Waals surface area (Å²) in [5.74, 6) is -1.10. The summed E-state index contributed by atoms with van der Waals surface area (Å²) in [4.78, 5) is 68.8. The van der Waals surface area contributed by atoms with Crippen LogP contribution in [0.2, 0.25) is 0 Å². The first-order chi connectivity index (χ1) is 27.9. The van der Waals surface area contributed by atoms with Gasteiger partial charge < -0.3 is 36.0 Å². The Morgan fingerprint density at radius 3 is 2.43 bits per heavy atom. The lowest BCUT2D eigenvalue weighted by molar-refractivity contribution is -0.144. The zero-order valence-corrected chi connectivity index (χ0v) is 33.7. The molecule has 1 aliphatic heterocycles. The predicted octanol–water partition coefficient (Wildman–Crippen LogP) is 4.87. The summed E-state index contributed by atoms with van der Waals surface area (Å²) in [6, 6.07) is 24.4. The van der Waals surface area contributed by atoms with Crippen LogP contribution in [0.4, 0.5) is 11.5 Å². The van der Waals surface area contributed by atoms with Gasteiger partial charge in [0.2, 0.25) is 17.7 Å². The average Bonchev–Trinajstić information content (AvgIpc) is 3.84. The van der Waals surface area contributed by atoms with Crippen LogP contribution in [0.1, 0.15) is 48.8 Å².